The van der Waals surface area contributed by atoms with E-state index in [0.29, 0.717) is 0 Å². The lowest BCUT2D eigenvalue weighted by molar-refractivity contribution is -0.384. The molecule has 13 heteroatoms. The molecule has 1 aromatic carbocycles. The largest absolute Gasteiger partial charge is 0.397 e. The molecule has 0 aliphatic carbocycles. The van der Waals surface area contributed by atoms with Gasteiger partial charge in [-0.05, 0) is 46.8 Å². The standard InChI is InChI=1S/C15H20N3O8P.C2H6O/c1-9(2)25-27(23,26-10(3)4)14(13(16)19)17-24-15(20)11-5-7-12(8-6-11)18(21)22;1-2-3/h5-10H,1-4H3,(H2,16,19);3H,2H2,1H3/b17-14-;. The van der Waals surface area contributed by atoms with Gasteiger partial charge in [0.05, 0.1) is 22.7 Å². The van der Waals surface area contributed by atoms with Crippen LogP contribution in [0.15, 0.2) is 29.4 Å². The second kappa shape index (κ2) is 12.8. The zero-order chi connectivity index (χ0) is 23.5. The second-order valence-electron chi connectivity index (χ2n) is 6.08. The van der Waals surface area contributed by atoms with E-state index in [1.807, 2.05) is 0 Å². The number of hydrogen-bond acceptors (Lipinski definition) is 10. The number of aliphatic hydroxyl groups is 1. The van der Waals surface area contributed by atoms with Gasteiger partial charge < -0.3 is 24.7 Å². The molecule has 0 unspecified atom stereocenters. The average molecular weight is 447 g/mol. The van der Waals surface area contributed by atoms with E-state index in [2.05, 4.69) is 9.99 Å². The van der Waals surface area contributed by atoms with Gasteiger partial charge in [-0.3, -0.25) is 19.5 Å². The van der Waals surface area contributed by atoms with Gasteiger partial charge in [-0.1, -0.05) is 5.16 Å². The Morgan fingerprint density at radius 1 is 1.17 bits per heavy atom. The maximum atomic E-state index is 12.9. The van der Waals surface area contributed by atoms with Gasteiger partial charge in [-0.25, -0.2) is 4.79 Å². The molecule has 0 aliphatic heterocycles. The first kappa shape index (κ1) is 27.3. The molecule has 1 amide bonds. The number of oxime groups is 1. The van der Waals surface area contributed by atoms with Crippen LogP contribution in [0.25, 0.3) is 0 Å². The summed E-state index contributed by atoms with van der Waals surface area (Å²) in [5.74, 6) is -2.31. The van der Waals surface area contributed by atoms with E-state index in [0.717, 1.165) is 24.3 Å². The highest BCUT2D eigenvalue weighted by atomic mass is 31.2. The van der Waals surface area contributed by atoms with E-state index in [-0.39, 0.29) is 17.9 Å². The van der Waals surface area contributed by atoms with Crippen LogP contribution in [0, 0.1) is 10.1 Å². The number of hydrogen-bond donors (Lipinski definition) is 2. The average Bonchev–Trinajstić information content (AvgIpc) is 2.60. The van der Waals surface area contributed by atoms with Crippen molar-refractivity contribution in [2.75, 3.05) is 6.61 Å². The molecule has 0 spiro atoms. The number of carbonyl (C=O) groups is 2. The van der Waals surface area contributed by atoms with E-state index in [1.165, 1.54) is 0 Å². The van der Waals surface area contributed by atoms with Crippen molar-refractivity contribution < 1.29 is 38.1 Å². The fourth-order valence-corrected chi connectivity index (χ4v) is 3.54. The third-order valence-electron chi connectivity index (χ3n) is 2.71. The first-order valence-electron chi connectivity index (χ1n) is 8.79. The number of nitrogens with zero attached hydrogens (tertiary/aromatic N) is 2. The molecule has 0 saturated heterocycles. The van der Waals surface area contributed by atoms with Crippen molar-refractivity contribution in [1.82, 2.24) is 0 Å². The topological polar surface area (TPSA) is 181 Å². The Kier molecular flexibility index (Phi) is 11.7. The molecular formula is C17H26N3O9P. The molecule has 3 N–H and O–H groups in total. The lowest BCUT2D eigenvalue weighted by Crippen LogP contribution is -2.27. The monoisotopic (exact) mass is 447 g/mol. The summed E-state index contributed by atoms with van der Waals surface area (Å²) in [6.45, 7) is 8.14. The number of carbonyl (C=O) groups excluding carboxylic acids is 2. The summed E-state index contributed by atoms with van der Waals surface area (Å²) in [5, 5.41) is 21.5. The molecule has 30 heavy (non-hydrogen) atoms. The number of nitrogens with two attached hydrogens (primary N) is 1. The number of non-ortho nitro benzene ring substituents is 1. The highest BCUT2D eigenvalue weighted by Gasteiger charge is 2.39. The van der Waals surface area contributed by atoms with Crippen LogP contribution in [0.2, 0.25) is 0 Å². The first-order chi connectivity index (χ1) is 13.9. The number of primary amides is 1. The number of amides is 1. The van der Waals surface area contributed by atoms with Crippen molar-refractivity contribution in [2.24, 2.45) is 10.9 Å². The van der Waals surface area contributed by atoms with Crippen LogP contribution in [-0.2, 0) is 23.2 Å². The summed E-state index contributed by atoms with van der Waals surface area (Å²) < 4.78 is 23.3. The Balaban J connectivity index is 0.00000263. The van der Waals surface area contributed by atoms with Crippen LogP contribution in [-0.4, -0.2) is 46.2 Å². The molecule has 0 bridgehead atoms. The summed E-state index contributed by atoms with van der Waals surface area (Å²) in [5.41, 5.74) is 4.00. The molecule has 0 saturated carbocycles. The van der Waals surface area contributed by atoms with E-state index < -0.39 is 42.1 Å². The Labute approximate surface area is 173 Å². The van der Waals surface area contributed by atoms with Crippen molar-refractivity contribution in [3.63, 3.8) is 0 Å². The zero-order valence-corrected chi connectivity index (χ0v) is 18.2. The third-order valence-corrected chi connectivity index (χ3v) is 4.93. The smallest absolute Gasteiger partial charge is 0.389 e. The van der Waals surface area contributed by atoms with E-state index in [9.17, 15) is 24.3 Å². The van der Waals surface area contributed by atoms with Crippen molar-refractivity contribution in [3.8, 4) is 0 Å². The van der Waals surface area contributed by atoms with Gasteiger partial charge in [0, 0.05) is 18.7 Å². The summed E-state index contributed by atoms with van der Waals surface area (Å²) >= 11 is 0. The highest BCUT2D eigenvalue weighted by molar-refractivity contribution is 7.75. The van der Waals surface area contributed by atoms with Crippen molar-refractivity contribution in [3.05, 3.63) is 39.9 Å². The Morgan fingerprint density at radius 2 is 1.60 bits per heavy atom. The maximum absolute atomic E-state index is 12.9. The minimum atomic E-state index is -4.26. The van der Waals surface area contributed by atoms with Crippen molar-refractivity contribution in [1.29, 1.82) is 0 Å². The highest BCUT2D eigenvalue weighted by Crippen LogP contribution is 2.52. The molecular weight excluding hydrogens is 421 g/mol. The summed E-state index contributed by atoms with van der Waals surface area (Å²) in [4.78, 5) is 38.3. The molecule has 12 nitrogen and oxygen atoms in total. The molecule has 0 radical (unpaired) electrons. The molecule has 168 valence electrons. The predicted molar refractivity (Wildman–Crippen MR) is 108 cm³/mol. The van der Waals surface area contributed by atoms with Crippen molar-refractivity contribution >= 4 is 30.6 Å². The summed E-state index contributed by atoms with van der Waals surface area (Å²) in [6.07, 6.45) is -1.21. The predicted octanol–water partition coefficient (Wildman–Crippen LogP) is 2.59. The van der Waals surface area contributed by atoms with Gasteiger partial charge in [0.2, 0.25) is 0 Å². The quantitative estimate of drug-likeness (QED) is 0.189. The third kappa shape index (κ3) is 9.23. The number of rotatable bonds is 9. The molecule has 1 aromatic rings. The van der Waals surface area contributed by atoms with Gasteiger partial charge >= 0.3 is 13.6 Å². The van der Waals surface area contributed by atoms with Gasteiger partial charge in [0.1, 0.15) is 0 Å². The van der Waals surface area contributed by atoms with Crippen LogP contribution in [0.3, 0.4) is 0 Å². The van der Waals surface area contributed by atoms with E-state index in [4.69, 9.17) is 19.9 Å². The van der Waals surface area contributed by atoms with Crippen LogP contribution >= 0.6 is 7.60 Å². The molecule has 1 rings (SSSR count). The maximum Gasteiger partial charge on any atom is 0.389 e. The van der Waals surface area contributed by atoms with Crippen molar-refractivity contribution in [2.45, 2.75) is 46.8 Å². The normalized spacial score (nSPS) is 11.7. The van der Waals surface area contributed by atoms with Gasteiger partial charge in [0.15, 0.2) is 0 Å². The number of aliphatic hydroxyl groups excluding tert-OH is 1. The molecule has 0 aromatic heterocycles. The fourth-order valence-electron chi connectivity index (χ4n) is 1.77. The lowest BCUT2D eigenvalue weighted by Gasteiger charge is -2.21. The number of benzene rings is 1. The molecule has 0 atom stereocenters. The molecule has 0 fully saturated rings. The van der Waals surface area contributed by atoms with Gasteiger partial charge in [-0.15, -0.1) is 0 Å². The lowest BCUT2D eigenvalue weighted by atomic mass is 10.2. The van der Waals surface area contributed by atoms with E-state index in [1.54, 1.807) is 34.6 Å². The Hall–Kier alpha value is -2.66. The number of nitro groups is 1. The summed E-state index contributed by atoms with van der Waals surface area (Å²) in [6, 6.07) is 4.44. The first-order valence-corrected chi connectivity index (χ1v) is 10.3. The zero-order valence-electron chi connectivity index (χ0n) is 17.3. The fraction of sp³-hybridized carbons (Fsp3) is 0.471. The minimum absolute atomic E-state index is 0.0856. The Bertz CT molecular complexity index is 793. The minimum Gasteiger partial charge on any atom is -0.397 e. The molecule has 0 aliphatic rings. The SMILES string of the molecule is CC(C)OP(=O)(OC(C)C)/C(=N\OC(=O)c1ccc([N+](=O)[O-])cc1)C(N)=O.CCO. The number of nitro benzene ring substituents is 1. The van der Waals surface area contributed by atoms with Crippen LogP contribution < -0.4 is 5.73 Å². The summed E-state index contributed by atoms with van der Waals surface area (Å²) in [7, 11) is -4.26. The van der Waals surface area contributed by atoms with Gasteiger partial charge in [0.25, 0.3) is 17.0 Å². The van der Waals surface area contributed by atoms with Crippen LogP contribution in [0.1, 0.15) is 45.0 Å². The van der Waals surface area contributed by atoms with Crippen LogP contribution in [0.4, 0.5) is 5.69 Å². The second-order valence-corrected chi connectivity index (χ2v) is 7.92. The molecule has 0 heterocycles. The van der Waals surface area contributed by atoms with Crippen LogP contribution in [0.5, 0.6) is 0 Å². The Morgan fingerprint density at radius 3 is 1.93 bits per heavy atom. The van der Waals surface area contributed by atoms with Gasteiger partial charge in [-0.2, -0.15) is 0 Å². The van der Waals surface area contributed by atoms with E-state index >= 15 is 0 Å².